The number of unbranched alkanes of at least 4 members (excludes halogenated alkanes) is 1. The molecular formula is C20H23ClF3NOS. The van der Waals surface area contributed by atoms with Crippen molar-refractivity contribution in [2.24, 2.45) is 0 Å². The normalized spacial score (nSPS) is 14.1. The van der Waals surface area contributed by atoms with E-state index in [0.717, 1.165) is 42.5 Å². The van der Waals surface area contributed by atoms with Gasteiger partial charge in [-0.2, -0.15) is 13.2 Å². The van der Waals surface area contributed by atoms with Crippen molar-refractivity contribution in [3.05, 3.63) is 58.6 Å². The van der Waals surface area contributed by atoms with Gasteiger partial charge < -0.3 is 9.41 Å². The number of hydrogen-bond acceptors (Lipinski definition) is 3. The summed E-state index contributed by atoms with van der Waals surface area (Å²) in [5.41, 5.74) is -1.35. The minimum Gasteiger partial charge on any atom is -0.376 e. The Morgan fingerprint density at radius 2 is 1.74 bits per heavy atom. The second-order valence-electron chi connectivity index (χ2n) is 6.55. The average molecular weight is 418 g/mol. The minimum atomic E-state index is -4.74. The quantitative estimate of drug-likeness (QED) is 0.505. The summed E-state index contributed by atoms with van der Waals surface area (Å²) in [4.78, 5) is 0.888. The fraction of sp³-hybridized carbons (Fsp3) is 0.400. The molecule has 0 radical (unpaired) electrons. The monoisotopic (exact) mass is 417 g/mol. The molecule has 0 aliphatic heterocycles. The van der Waals surface area contributed by atoms with E-state index in [-0.39, 0.29) is 5.56 Å². The van der Waals surface area contributed by atoms with Gasteiger partial charge in [-0.1, -0.05) is 49.2 Å². The highest BCUT2D eigenvalue weighted by Gasteiger charge is 2.51. The van der Waals surface area contributed by atoms with Gasteiger partial charge in [-0.25, -0.2) is 0 Å². The first-order valence-corrected chi connectivity index (χ1v) is 9.83. The zero-order valence-electron chi connectivity index (χ0n) is 15.5. The molecule has 0 aliphatic carbocycles. The average Bonchev–Trinajstić information content (AvgIpc) is 2.61. The van der Waals surface area contributed by atoms with Gasteiger partial charge in [0.2, 0.25) is 0 Å². The number of anilines is 1. The number of rotatable bonds is 7. The van der Waals surface area contributed by atoms with Gasteiger partial charge in [0, 0.05) is 17.1 Å². The highest BCUT2D eigenvalue weighted by molar-refractivity contribution is 8.00. The van der Waals surface area contributed by atoms with E-state index in [2.05, 4.69) is 6.92 Å². The largest absolute Gasteiger partial charge is 0.421 e. The van der Waals surface area contributed by atoms with Gasteiger partial charge in [0.25, 0.3) is 0 Å². The maximum Gasteiger partial charge on any atom is 0.421 e. The van der Waals surface area contributed by atoms with Gasteiger partial charge in [-0.05, 0) is 61.5 Å². The Morgan fingerprint density at radius 1 is 1.11 bits per heavy atom. The lowest BCUT2D eigenvalue weighted by molar-refractivity contribution is -0.258. The highest BCUT2D eigenvalue weighted by Crippen LogP contribution is 2.40. The van der Waals surface area contributed by atoms with Crippen molar-refractivity contribution in [1.82, 2.24) is 0 Å². The van der Waals surface area contributed by atoms with Crippen LogP contribution in [0.2, 0.25) is 5.02 Å². The van der Waals surface area contributed by atoms with Crippen LogP contribution in [0.3, 0.4) is 0 Å². The van der Waals surface area contributed by atoms with Gasteiger partial charge in [0.1, 0.15) is 0 Å². The molecule has 7 heteroatoms. The SMILES string of the molecule is CCCCN(Sc1cccc(C)c1Cl)c1ccc(C(C)(O)C(F)(F)F)cc1. The molecule has 2 aromatic rings. The molecule has 0 saturated carbocycles. The van der Waals surface area contributed by atoms with Gasteiger partial charge in [0.15, 0.2) is 5.60 Å². The number of aryl methyl sites for hydroxylation is 1. The summed E-state index contributed by atoms with van der Waals surface area (Å²) in [6, 6.07) is 11.6. The van der Waals surface area contributed by atoms with Crippen molar-refractivity contribution in [3.8, 4) is 0 Å². The van der Waals surface area contributed by atoms with Crippen LogP contribution in [-0.4, -0.2) is 17.8 Å². The van der Waals surface area contributed by atoms with Crippen molar-refractivity contribution in [1.29, 1.82) is 0 Å². The molecule has 2 nitrogen and oxygen atoms in total. The van der Waals surface area contributed by atoms with Crippen LogP contribution in [0.25, 0.3) is 0 Å². The predicted octanol–water partition coefficient (Wildman–Crippen LogP) is 6.73. The molecule has 0 aliphatic rings. The molecule has 0 amide bonds. The lowest BCUT2D eigenvalue weighted by Crippen LogP contribution is -2.39. The Balaban J connectivity index is 2.30. The van der Waals surface area contributed by atoms with Crippen molar-refractivity contribution in [2.75, 3.05) is 10.8 Å². The zero-order valence-corrected chi connectivity index (χ0v) is 17.0. The number of benzene rings is 2. The fourth-order valence-corrected chi connectivity index (χ4v) is 3.75. The first-order chi connectivity index (χ1) is 12.6. The summed E-state index contributed by atoms with van der Waals surface area (Å²) in [5, 5.41) is 10.5. The first kappa shape index (κ1) is 21.9. The van der Waals surface area contributed by atoms with E-state index in [4.69, 9.17) is 11.6 Å². The Labute approximate surface area is 167 Å². The Morgan fingerprint density at radius 3 is 2.30 bits per heavy atom. The molecule has 1 N–H and O–H groups in total. The molecule has 0 aromatic heterocycles. The van der Waals surface area contributed by atoms with E-state index in [9.17, 15) is 18.3 Å². The van der Waals surface area contributed by atoms with E-state index in [1.54, 1.807) is 12.1 Å². The van der Waals surface area contributed by atoms with Crippen molar-refractivity contribution >= 4 is 29.2 Å². The van der Waals surface area contributed by atoms with E-state index in [1.165, 1.54) is 24.1 Å². The zero-order chi connectivity index (χ0) is 20.2. The molecule has 0 saturated heterocycles. The van der Waals surface area contributed by atoms with E-state index < -0.39 is 11.8 Å². The lowest BCUT2D eigenvalue weighted by atomic mass is 9.95. The van der Waals surface area contributed by atoms with Crippen LogP contribution in [0.15, 0.2) is 47.4 Å². The van der Waals surface area contributed by atoms with E-state index >= 15 is 0 Å². The smallest absolute Gasteiger partial charge is 0.376 e. The summed E-state index contributed by atoms with van der Waals surface area (Å²) < 4.78 is 41.1. The maximum absolute atomic E-state index is 13.0. The predicted molar refractivity (Wildman–Crippen MR) is 106 cm³/mol. The van der Waals surface area contributed by atoms with Crippen LogP contribution in [-0.2, 0) is 5.60 Å². The van der Waals surface area contributed by atoms with Crippen LogP contribution in [0.5, 0.6) is 0 Å². The molecule has 2 rings (SSSR count). The van der Waals surface area contributed by atoms with Crippen molar-refractivity contribution in [2.45, 2.75) is 50.3 Å². The molecule has 0 fully saturated rings. The van der Waals surface area contributed by atoms with Gasteiger partial charge >= 0.3 is 6.18 Å². The highest BCUT2D eigenvalue weighted by atomic mass is 35.5. The summed E-state index contributed by atoms with van der Waals surface area (Å²) in [7, 11) is 0. The second kappa shape index (κ2) is 8.76. The lowest BCUT2D eigenvalue weighted by Gasteiger charge is -2.28. The number of hydrogen-bond donors (Lipinski definition) is 1. The van der Waals surface area contributed by atoms with Gasteiger partial charge in [-0.3, -0.25) is 0 Å². The molecule has 27 heavy (non-hydrogen) atoms. The fourth-order valence-electron chi connectivity index (χ4n) is 2.45. The molecule has 1 atom stereocenters. The van der Waals surface area contributed by atoms with Crippen LogP contribution in [0.4, 0.5) is 18.9 Å². The summed E-state index contributed by atoms with van der Waals surface area (Å²) >= 11 is 7.85. The van der Waals surface area contributed by atoms with E-state index in [1.807, 2.05) is 29.4 Å². The standard InChI is InChI=1S/C20H23ClF3NOS/c1-4-5-13-25(27-17-8-6-7-14(2)18(17)21)16-11-9-15(10-12-16)19(3,26)20(22,23)24/h6-12,26H,4-5,13H2,1-3H3. The summed E-state index contributed by atoms with van der Waals surface area (Å²) in [6.45, 7) is 5.49. The molecule has 0 bridgehead atoms. The number of alkyl halides is 3. The first-order valence-electron chi connectivity index (χ1n) is 8.68. The van der Waals surface area contributed by atoms with Crippen LogP contribution >= 0.6 is 23.5 Å². The summed E-state index contributed by atoms with van der Waals surface area (Å²) in [6.07, 6.45) is -2.82. The molecular weight excluding hydrogens is 395 g/mol. The Kier molecular flexibility index (Phi) is 7.11. The number of halogens is 4. The molecule has 1 unspecified atom stereocenters. The minimum absolute atomic E-state index is 0.187. The van der Waals surface area contributed by atoms with Gasteiger partial charge in [-0.15, -0.1) is 0 Å². The van der Waals surface area contributed by atoms with Crippen LogP contribution in [0, 0.1) is 6.92 Å². The topological polar surface area (TPSA) is 23.5 Å². The van der Waals surface area contributed by atoms with Crippen LogP contribution in [0.1, 0.15) is 37.8 Å². The number of nitrogens with zero attached hydrogens (tertiary/aromatic N) is 1. The van der Waals surface area contributed by atoms with Crippen LogP contribution < -0.4 is 4.31 Å². The third kappa shape index (κ3) is 5.12. The molecule has 2 aromatic carbocycles. The maximum atomic E-state index is 13.0. The second-order valence-corrected chi connectivity index (χ2v) is 7.99. The Hall–Kier alpha value is -1.37. The molecule has 0 spiro atoms. The van der Waals surface area contributed by atoms with Gasteiger partial charge in [0.05, 0.1) is 5.02 Å². The Bertz CT molecular complexity index is 763. The number of aliphatic hydroxyl groups is 1. The molecule has 148 valence electrons. The molecule has 0 heterocycles. The van der Waals surface area contributed by atoms with E-state index in [0.29, 0.717) is 5.02 Å². The van der Waals surface area contributed by atoms with Crippen molar-refractivity contribution < 1.29 is 18.3 Å². The summed E-state index contributed by atoms with van der Waals surface area (Å²) in [5.74, 6) is 0. The third-order valence-electron chi connectivity index (χ3n) is 4.35. The van der Waals surface area contributed by atoms with Crippen molar-refractivity contribution in [3.63, 3.8) is 0 Å². The third-order valence-corrected chi connectivity index (χ3v) is 6.11.